The molecule has 0 spiro atoms. The number of aromatic nitrogens is 2. The monoisotopic (exact) mass is 268 g/mol. The van der Waals surface area contributed by atoms with Crippen molar-refractivity contribution < 1.29 is 9.66 Å². The maximum Gasteiger partial charge on any atom is 0.333 e. The summed E-state index contributed by atoms with van der Waals surface area (Å²) in [5.41, 5.74) is 0.426. The summed E-state index contributed by atoms with van der Waals surface area (Å²) in [4.78, 5) is 10.7. The van der Waals surface area contributed by atoms with Crippen LogP contribution in [-0.2, 0) is 11.8 Å². The molecule has 2 unspecified atom stereocenters. The van der Waals surface area contributed by atoms with Gasteiger partial charge in [-0.05, 0) is 13.3 Å². The second-order valence-corrected chi connectivity index (χ2v) is 5.64. The molecule has 106 valence electrons. The third-order valence-corrected chi connectivity index (χ3v) is 4.15. The number of nitrogens with one attached hydrogen (secondary N) is 1. The van der Waals surface area contributed by atoms with E-state index in [1.54, 1.807) is 21.1 Å². The molecule has 7 heteroatoms. The highest BCUT2D eigenvalue weighted by atomic mass is 16.6. The minimum absolute atomic E-state index is 0.0548. The number of hydrogen-bond donors (Lipinski definition) is 1. The molecule has 0 bridgehead atoms. The zero-order valence-corrected chi connectivity index (χ0v) is 11.9. The van der Waals surface area contributed by atoms with Crippen molar-refractivity contribution in [3.63, 3.8) is 0 Å². The van der Waals surface area contributed by atoms with Crippen molar-refractivity contribution >= 4 is 11.5 Å². The van der Waals surface area contributed by atoms with Gasteiger partial charge >= 0.3 is 5.69 Å². The molecule has 1 heterocycles. The van der Waals surface area contributed by atoms with Gasteiger partial charge in [0.15, 0.2) is 0 Å². The Morgan fingerprint density at radius 2 is 2.21 bits per heavy atom. The maximum atomic E-state index is 11.1. The molecule has 1 aromatic heterocycles. The highest BCUT2D eigenvalue weighted by Crippen LogP contribution is 2.45. The number of nitro groups is 1. The molecule has 1 aromatic rings. The first-order valence-electron chi connectivity index (χ1n) is 6.26. The smallest absolute Gasteiger partial charge is 0.333 e. The van der Waals surface area contributed by atoms with Gasteiger partial charge in [0.1, 0.15) is 5.69 Å². The van der Waals surface area contributed by atoms with Gasteiger partial charge in [0.05, 0.1) is 11.0 Å². The van der Waals surface area contributed by atoms with Crippen molar-refractivity contribution in [1.82, 2.24) is 9.78 Å². The van der Waals surface area contributed by atoms with Gasteiger partial charge in [0.25, 0.3) is 0 Å². The topological polar surface area (TPSA) is 82.2 Å². The largest absolute Gasteiger partial charge is 0.381 e. The fourth-order valence-electron chi connectivity index (χ4n) is 2.72. The molecule has 1 aliphatic rings. The second-order valence-electron chi connectivity index (χ2n) is 5.64. The van der Waals surface area contributed by atoms with Crippen LogP contribution in [0, 0.1) is 22.5 Å². The van der Waals surface area contributed by atoms with E-state index in [0.29, 0.717) is 11.5 Å². The first-order valence-corrected chi connectivity index (χ1v) is 6.26. The molecular formula is C12H20N4O3. The summed E-state index contributed by atoms with van der Waals surface area (Å²) < 4.78 is 6.92. The van der Waals surface area contributed by atoms with Gasteiger partial charge in [-0.25, -0.2) is 4.68 Å². The lowest BCUT2D eigenvalue weighted by Gasteiger charge is -2.51. The van der Waals surface area contributed by atoms with Crippen molar-refractivity contribution in [2.24, 2.45) is 12.5 Å². The van der Waals surface area contributed by atoms with E-state index in [-0.39, 0.29) is 28.2 Å². The molecule has 1 aliphatic carbocycles. The number of hydrogen-bond acceptors (Lipinski definition) is 5. The highest BCUT2D eigenvalue weighted by Gasteiger charge is 2.49. The lowest BCUT2D eigenvalue weighted by atomic mass is 9.64. The Morgan fingerprint density at radius 1 is 1.58 bits per heavy atom. The minimum atomic E-state index is -0.385. The van der Waals surface area contributed by atoms with Gasteiger partial charge in [-0.15, -0.1) is 0 Å². The van der Waals surface area contributed by atoms with E-state index in [0.717, 1.165) is 6.42 Å². The van der Waals surface area contributed by atoms with Gasteiger partial charge < -0.3 is 10.1 Å². The predicted molar refractivity (Wildman–Crippen MR) is 71.2 cm³/mol. The summed E-state index contributed by atoms with van der Waals surface area (Å²) in [6.45, 7) is 5.84. The maximum absolute atomic E-state index is 11.1. The summed E-state index contributed by atoms with van der Waals surface area (Å²) in [5.74, 6) is 0.468. The fourth-order valence-corrected chi connectivity index (χ4v) is 2.72. The van der Waals surface area contributed by atoms with Crippen molar-refractivity contribution in [1.29, 1.82) is 0 Å². The molecule has 1 saturated carbocycles. The second kappa shape index (κ2) is 4.48. The zero-order chi connectivity index (χ0) is 14.4. The fraction of sp³-hybridized carbons (Fsp3) is 0.750. The molecule has 0 amide bonds. The Morgan fingerprint density at radius 3 is 2.68 bits per heavy atom. The normalized spacial score (nSPS) is 24.9. The third kappa shape index (κ3) is 2.07. The molecule has 0 aliphatic heterocycles. The number of ether oxygens (including phenoxy) is 1. The van der Waals surface area contributed by atoms with Crippen LogP contribution in [0.3, 0.4) is 0 Å². The van der Waals surface area contributed by atoms with E-state index in [1.807, 2.05) is 0 Å². The van der Waals surface area contributed by atoms with Crippen LogP contribution < -0.4 is 5.32 Å². The van der Waals surface area contributed by atoms with Crippen LogP contribution in [0.4, 0.5) is 11.5 Å². The Hall–Kier alpha value is -1.63. The third-order valence-electron chi connectivity index (χ3n) is 4.15. The van der Waals surface area contributed by atoms with Crippen LogP contribution in [0.25, 0.3) is 0 Å². The standard InChI is InChI=1S/C12H20N4O3/c1-7-10(16(17)18)11(15(4)14-7)13-8-6-9(19-5)12(8,2)3/h8-9,13H,6H2,1-5H3. The number of anilines is 1. The molecule has 2 atom stereocenters. The van der Waals surface area contributed by atoms with E-state index < -0.39 is 0 Å². The molecule has 0 saturated heterocycles. The number of nitrogens with zero attached hydrogens (tertiary/aromatic N) is 3. The molecule has 2 rings (SSSR count). The Balaban J connectivity index is 2.24. The molecule has 1 fully saturated rings. The molecule has 19 heavy (non-hydrogen) atoms. The molecular weight excluding hydrogens is 248 g/mol. The minimum Gasteiger partial charge on any atom is -0.381 e. The SMILES string of the molecule is COC1CC(Nc2c([N+](=O)[O-])c(C)nn2C)C1(C)C. The lowest BCUT2D eigenvalue weighted by molar-refractivity contribution is -0.384. The first-order chi connectivity index (χ1) is 8.78. The summed E-state index contributed by atoms with van der Waals surface area (Å²) >= 11 is 0. The number of methoxy groups -OCH3 is 1. The first kappa shape index (κ1) is 13.8. The van der Waals surface area contributed by atoms with Crippen LogP contribution >= 0.6 is 0 Å². The van der Waals surface area contributed by atoms with Crippen molar-refractivity contribution in [3.05, 3.63) is 15.8 Å². The van der Waals surface area contributed by atoms with Crippen LogP contribution in [0.2, 0.25) is 0 Å². The number of aryl methyl sites for hydroxylation is 2. The van der Waals surface area contributed by atoms with Gasteiger partial charge in [-0.2, -0.15) is 5.10 Å². The van der Waals surface area contributed by atoms with E-state index in [2.05, 4.69) is 24.3 Å². The van der Waals surface area contributed by atoms with Crippen molar-refractivity contribution in [2.75, 3.05) is 12.4 Å². The average Bonchev–Trinajstić information content (AvgIpc) is 2.58. The molecule has 0 radical (unpaired) electrons. The van der Waals surface area contributed by atoms with Crippen LogP contribution in [0.5, 0.6) is 0 Å². The van der Waals surface area contributed by atoms with Crippen molar-refractivity contribution in [2.45, 2.75) is 39.3 Å². The summed E-state index contributed by atoms with van der Waals surface area (Å²) in [7, 11) is 3.40. The van der Waals surface area contributed by atoms with Gasteiger partial charge in [0, 0.05) is 25.6 Å². The highest BCUT2D eigenvalue weighted by molar-refractivity contribution is 5.60. The van der Waals surface area contributed by atoms with Gasteiger partial charge in [-0.3, -0.25) is 10.1 Å². The Labute approximate surface area is 112 Å². The van der Waals surface area contributed by atoms with Crippen molar-refractivity contribution in [3.8, 4) is 0 Å². The van der Waals surface area contributed by atoms with E-state index in [4.69, 9.17) is 4.74 Å². The summed E-state index contributed by atoms with van der Waals surface area (Å²) in [6, 6.07) is 0.144. The van der Waals surface area contributed by atoms with Crippen LogP contribution in [0.1, 0.15) is 26.0 Å². The van der Waals surface area contributed by atoms with Crippen LogP contribution in [-0.4, -0.2) is 34.0 Å². The number of rotatable bonds is 4. The summed E-state index contributed by atoms with van der Waals surface area (Å²) in [5, 5.41) is 18.5. The molecule has 1 N–H and O–H groups in total. The van der Waals surface area contributed by atoms with E-state index in [9.17, 15) is 10.1 Å². The predicted octanol–water partition coefficient (Wildman–Crippen LogP) is 1.86. The van der Waals surface area contributed by atoms with E-state index >= 15 is 0 Å². The average molecular weight is 268 g/mol. The Bertz CT molecular complexity index is 509. The lowest BCUT2D eigenvalue weighted by Crippen LogP contribution is -2.57. The molecule has 7 nitrogen and oxygen atoms in total. The van der Waals surface area contributed by atoms with E-state index in [1.165, 1.54) is 4.68 Å². The summed E-state index contributed by atoms with van der Waals surface area (Å²) in [6.07, 6.45) is 1.02. The quantitative estimate of drug-likeness (QED) is 0.665. The molecule has 0 aromatic carbocycles. The van der Waals surface area contributed by atoms with Gasteiger partial charge in [-0.1, -0.05) is 13.8 Å². The Kier molecular flexibility index (Phi) is 3.25. The van der Waals surface area contributed by atoms with Gasteiger partial charge in [0.2, 0.25) is 5.82 Å². The zero-order valence-electron chi connectivity index (χ0n) is 11.9. The van der Waals surface area contributed by atoms with Crippen LogP contribution in [0.15, 0.2) is 0 Å².